The summed E-state index contributed by atoms with van der Waals surface area (Å²) in [6, 6.07) is 0. The molecule has 0 aromatic heterocycles. The van der Waals surface area contributed by atoms with Gasteiger partial charge in [-0.05, 0) is 43.9 Å². The first-order valence-electron chi connectivity index (χ1n) is 16.3. The third kappa shape index (κ3) is 4.75. The van der Waals surface area contributed by atoms with Gasteiger partial charge in [-0.3, -0.25) is 0 Å². The maximum atomic E-state index is 13.7. The minimum Gasteiger partial charge on any atom is -0.467 e. The Kier molecular flexibility index (Phi) is 9.05. The number of allylic oxidation sites excluding steroid dienone is 1. The Morgan fingerprint density at radius 2 is 1.69 bits per heavy atom. The number of aliphatic hydroxyl groups is 7. The minimum atomic E-state index is -2.30. The van der Waals surface area contributed by atoms with Crippen molar-refractivity contribution < 1.29 is 78.6 Å². The molecule has 2 bridgehead atoms. The average Bonchev–Trinajstić information content (AvgIpc) is 3.34. The van der Waals surface area contributed by atoms with E-state index in [4.69, 9.17) is 28.4 Å². The fourth-order valence-electron chi connectivity index (χ4n) is 10.3. The van der Waals surface area contributed by atoms with Crippen molar-refractivity contribution >= 4 is 17.9 Å². The third-order valence-corrected chi connectivity index (χ3v) is 12.2. The molecule has 6 fully saturated rings. The van der Waals surface area contributed by atoms with Crippen molar-refractivity contribution in [2.45, 2.75) is 113 Å². The molecule has 3 saturated carbocycles. The molecular formula is C32H46O16. The third-order valence-electron chi connectivity index (χ3n) is 12.2. The van der Waals surface area contributed by atoms with Crippen LogP contribution in [-0.4, -0.2) is 147 Å². The second kappa shape index (κ2) is 12.2. The molecule has 3 aliphatic heterocycles. The molecule has 6 rings (SSSR count). The molecule has 0 radical (unpaired) electrons. The molecule has 16 nitrogen and oxygen atoms in total. The molecule has 270 valence electrons. The van der Waals surface area contributed by atoms with Crippen LogP contribution in [0, 0.1) is 34.5 Å². The molecule has 0 unspecified atom stereocenters. The first kappa shape index (κ1) is 35.6. The molecule has 16 heteroatoms. The van der Waals surface area contributed by atoms with Gasteiger partial charge in [0.1, 0.15) is 36.6 Å². The number of methoxy groups -OCH3 is 1. The van der Waals surface area contributed by atoms with Gasteiger partial charge in [0.25, 0.3) is 0 Å². The highest BCUT2D eigenvalue weighted by Crippen LogP contribution is 2.73. The van der Waals surface area contributed by atoms with Crippen LogP contribution in [0.1, 0.15) is 40.5 Å². The highest BCUT2D eigenvalue weighted by molar-refractivity contribution is 5.89. The van der Waals surface area contributed by atoms with Gasteiger partial charge in [-0.2, -0.15) is 0 Å². The zero-order valence-corrected chi connectivity index (χ0v) is 27.4. The van der Waals surface area contributed by atoms with E-state index in [0.29, 0.717) is 5.57 Å². The summed E-state index contributed by atoms with van der Waals surface area (Å²) in [5.41, 5.74) is -4.17. The summed E-state index contributed by atoms with van der Waals surface area (Å²) in [4.78, 5) is 40.2. The summed E-state index contributed by atoms with van der Waals surface area (Å²) in [6.45, 7) is 5.91. The predicted octanol–water partition coefficient (Wildman–Crippen LogP) is -2.70. The van der Waals surface area contributed by atoms with E-state index in [1.165, 1.54) is 6.08 Å². The molecule has 7 N–H and O–H groups in total. The maximum absolute atomic E-state index is 13.7. The lowest BCUT2D eigenvalue weighted by atomic mass is 9.37. The van der Waals surface area contributed by atoms with Crippen molar-refractivity contribution in [3.63, 3.8) is 0 Å². The van der Waals surface area contributed by atoms with E-state index in [-0.39, 0.29) is 19.4 Å². The van der Waals surface area contributed by atoms with Gasteiger partial charge in [0.05, 0.1) is 44.6 Å². The standard InChI is InChI=1S/C32H46O16/c1-11(2)6-17(34)48-23-25-31-10-44-32(25,29(42)43-5)26(40)22(39)24(31)30(4)8-14(18(35)12(3)13(30)7-16(31)47-27(23)41)45-28-21(38)20(37)19(36)15(9-33)46-28/h6,12-16,18-26,28,33,35-40H,7-10H2,1-5H3/t12-,13-,14+,15-,16+,18-,19-,20+,21-,22+,23+,24+,25+,26-,28-,30-,31+,32-/m0/s1. The molecule has 18 atom stereocenters. The SMILES string of the molecule is COC(=O)[C@@]12OC[C@]34[C@H]([C@@H](O)[C@@H]1O)[C@@]1(C)C[C@@H](O[C@H]5O[C@@H](CO)[C@H](O)[C@@H](O)[C@@H]5O)[C@@H](O)[C@@H](C)[C@@H]1C[C@H]3OC(=O)[C@H](OC(=O)C=C(C)C)[C@@H]24. The van der Waals surface area contributed by atoms with Crippen molar-refractivity contribution in [1.82, 2.24) is 0 Å². The molecule has 3 heterocycles. The van der Waals surface area contributed by atoms with Crippen molar-refractivity contribution in [3.05, 3.63) is 11.6 Å². The van der Waals surface area contributed by atoms with Gasteiger partial charge in [-0.25, -0.2) is 14.4 Å². The summed E-state index contributed by atoms with van der Waals surface area (Å²) in [6.07, 6.45) is -15.2. The van der Waals surface area contributed by atoms with Crippen LogP contribution >= 0.6 is 0 Å². The number of esters is 3. The largest absolute Gasteiger partial charge is 0.467 e. The molecule has 3 saturated heterocycles. The van der Waals surface area contributed by atoms with Crippen LogP contribution in [0.5, 0.6) is 0 Å². The summed E-state index contributed by atoms with van der Waals surface area (Å²) < 4.78 is 34.6. The fourth-order valence-corrected chi connectivity index (χ4v) is 10.3. The number of ether oxygens (including phenoxy) is 6. The predicted molar refractivity (Wildman–Crippen MR) is 156 cm³/mol. The summed E-state index contributed by atoms with van der Waals surface area (Å²) in [5.74, 6) is -6.29. The molecule has 0 aromatic rings. The van der Waals surface area contributed by atoms with E-state index in [1.807, 2.05) is 6.92 Å². The van der Waals surface area contributed by atoms with Gasteiger partial charge in [-0.1, -0.05) is 19.4 Å². The van der Waals surface area contributed by atoms with Crippen molar-refractivity contribution in [3.8, 4) is 0 Å². The number of carbonyl (C=O) groups excluding carboxylic acids is 3. The van der Waals surface area contributed by atoms with Crippen LogP contribution in [0.4, 0.5) is 0 Å². The second-order valence-corrected chi connectivity index (χ2v) is 14.9. The second-order valence-electron chi connectivity index (χ2n) is 14.9. The van der Waals surface area contributed by atoms with Crippen LogP contribution in [0.25, 0.3) is 0 Å². The van der Waals surface area contributed by atoms with Crippen LogP contribution in [0.15, 0.2) is 11.6 Å². The molecule has 48 heavy (non-hydrogen) atoms. The lowest BCUT2D eigenvalue weighted by Crippen LogP contribution is -2.80. The number of hydrogen-bond donors (Lipinski definition) is 7. The van der Waals surface area contributed by atoms with Crippen LogP contribution in [-0.2, 0) is 42.8 Å². The number of aliphatic hydroxyl groups excluding tert-OH is 7. The van der Waals surface area contributed by atoms with Gasteiger partial charge in [-0.15, -0.1) is 0 Å². The first-order valence-corrected chi connectivity index (χ1v) is 16.3. The van der Waals surface area contributed by atoms with E-state index in [2.05, 4.69) is 0 Å². The van der Waals surface area contributed by atoms with Gasteiger partial charge in [0.15, 0.2) is 6.29 Å². The first-order chi connectivity index (χ1) is 22.5. The molecule has 0 amide bonds. The number of hydrogen-bond acceptors (Lipinski definition) is 16. The number of rotatable bonds is 6. The van der Waals surface area contributed by atoms with Crippen LogP contribution in [0.3, 0.4) is 0 Å². The van der Waals surface area contributed by atoms with Crippen LogP contribution in [0.2, 0.25) is 0 Å². The highest BCUT2D eigenvalue weighted by atomic mass is 16.7. The topological polar surface area (TPSA) is 248 Å². The van der Waals surface area contributed by atoms with E-state index in [9.17, 15) is 50.1 Å². The smallest absolute Gasteiger partial charge is 0.348 e. The summed E-state index contributed by atoms with van der Waals surface area (Å²) in [5, 5.41) is 76.4. The minimum absolute atomic E-state index is 0.0186. The molecule has 6 aliphatic rings. The Balaban J connectivity index is 1.43. The number of carbonyl (C=O) groups is 3. The zero-order valence-electron chi connectivity index (χ0n) is 27.4. The Hall–Kier alpha value is -2.25. The van der Waals surface area contributed by atoms with E-state index >= 15 is 0 Å². The fraction of sp³-hybridized carbons (Fsp3) is 0.844. The van der Waals surface area contributed by atoms with E-state index in [1.54, 1.807) is 20.8 Å². The Morgan fingerprint density at radius 3 is 2.31 bits per heavy atom. The average molecular weight is 687 g/mol. The van der Waals surface area contributed by atoms with Crippen LogP contribution < -0.4 is 0 Å². The Morgan fingerprint density at radius 1 is 1.00 bits per heavy atom. The normalized spacial score (nSPS) is 52.3. The van der Waals surface area contributed by atoms with Gasteiger partial charge < -0.3 is 64.2 Å². The highest BCUT2D eigenvalue weighted by Gasteiger charge is 2.85. The summed E-state index contributed by atoms with van der Waals surface area (Å²) in [7, 11) is 1.07. The quantitative estimate of drug-likeness (QED) is 0.0650. The van der Waals surface area contributed by atoms with Gasteiger partial charge >= 0.3 is 17.9 Å². The zero-order chi connectivity index (χ0) is 35.2. The maximum Gasteiger partial charge on any atom is 0.348 e. The summed E-state index contributed by atoms with van der Waals surface area (Å²) >= 11 is 0. The van der Waals surface area contributed by atoms with Crippen molar-refractivity contribution in [1.29, 1.82) is 0 Å². The van der Waals surface area contributed by atoms with Gasteiger partial charge in [0, 0.05) is 17.4 Å². The lowest BCUT2D eigenvalue weighted by molar-refractivity contribution is -0.340. The van der Waals surface area contributed by atoms with Crippen molar-refractivity contribution in [2.24, 2.45) is 34.5 Å². The number of fused-ring (bicyclic) bond motifs is 2. The Labute approximate surface area is 276 Å². The van der Waals surface area contributed by atoms with Crippen molar-refractivity contribution in [2.75, 3.05) is 20.3 Å². The lowest BCUT2D eigenvalue weighted by Gasteiger charge is -2.69. The van der Waals surface area contributed by atoms with E-state index in [0.717, 1.165) is 7.11 Å². The Bertz CT molecular complexity index is 1330. The molecule has 3 aliphatic carbocycles. The van der Waals surface area contributed by atoms with Gasteiger partial charge in [0.2, 0.25) is 11.7 Å². The van der Waals surface area contributed by atoms with E-state index < -0.39 is 132 Å². The molecule has 1 spiro atoms. The molecular weight excluding hydrogens is 640 g/mol. The molecule has 0 aromatic carbocycles. The monoisotopic (exact) mass is 686 g/mol.